The van der Waals surface area contributed by atoms with E-state index in [1.54, 1.807) is 16.8 Å². The highest BCUT2D eigenvalue weighted by Crippen LogP contribution is 2.24. The molecule has 2 heterocycles. The number of aryl methyl sites for hydroxylation is 1. The molecule has 0 aliphatic carbocycles. The number of rotatable bonds is 4. The van der Waals surface area contributed by atoms with E-state index in [0.717, 1.165) is 36.4 Å². The third-order valence-electron chi connectivity index (χ3n) is 5.42. The summed E-state index contributed by atoms with van der Waals surface area (Å²) < 4.78 is 15.0. The number of nitrogens with zero attached hydrogens (tertiary/aromatic N) is 4. The number of hydrogen-bond donors (Lipinski definition) is 0. The van der Waals surface area contributed by atoms with Crippen LogP contribution < -0.4 is 0 Å². The van der Waals surface area contributed by atoms with Crippen molar-refractivity contribution in [3.8, 4) is 16.9 Å². The third kappa shape index (κ3) is 4.07. The molecule has 0 saturated carbocycles. The Hall–Kier alpha value is -2.99. The molecule has 29 heavy (non-hydrogen) atoms. The molecule has 1 aliphatic rings. The van der Waals surface area contributed by atoms with Crippen LogP contribution in [0.2, 0.25) is 0 Å². The van der Waals surface area contributed by atoms with Gasteiger partial charge in [-0.2, -0.15) is 5.10 Å². The SMILES string of the molecule is CCN1CCN(C(=O)c2cc(-c3ccc(F)cc3)nn2-c2cccc(C)c2)CC1. The van der Waals surface area contributed by atoms with Crippen molar-refractivity contribution in [2.75, 3.05) is 32.7 Å². The first-order chi connectivity index (χ1) is 14.0. The average Bonchev–Trinajstić information content (AvgIpc) is 3.19. The van der Waals surface area contributed by atoms with E-state index in [4.69, 9.17) is 5.10 Å². The van der Waals surface area contributed by atoms with E-state index < -0.39 is 0 Å². The number of aromatic nitrogens is 2. The van der Waals surface area contributed by atoms with Gasteiger partial charge < -0.3 is 9.80 Å². The second-order valence-corrected chi connectivity index (χ2v) is 7.40. The highest BCUT2D eigenvalue weighted by Gasteiger charge is 2.25. The van der Waals surface area contributed by atoms with Crippen LogP contribution >= 0.6 is 0 Å². The number of benzene rings is 2. The summed E-state index contributed by atoms with van der Waals surface area (Å²) in [6.07, 6.45) is 0. The predicted molar refractivity (Wildman–Crippen MR) is 112 cm³/mol. The van der Waals surface area contributed by atoms with Crippen LogP contribution in [0.1, 0.15) is 23.0 Å². The Labute approximate surface area is 170 Å². The smallest absolute Gasteiger partial charge is 0.272 e. The zero-order valence-electron chi connectivity index (χ0n) is 16.8. The van der Waals surface area contributed by atoms with Crippen molar-refractivity contribution in [3.63, 3.8) is 0 Å². The number of carbonyl (C=O) groups excluding carboxylic acids is 1. The van der Waals surface area contributed by atoms with Gasteiger partial charge in [0, 0.05) is 31.7 Å². The molecular formula is C23H25FN4O. The average molecular weight is 392 g/mol. The van der Waals surface area contributed by atoms with E-state index in [-0.39, 0.29) is 11.7 Å². The zero-order chi connectivity index (χ0) is 20.4. The lowest BCUT2D eigenvalue weighted by atomic mass is 10.1. The van der Waals surface area contributed by atoms with E-state index in [2.05, 4.69) is 11.8 Å². The molecule has 1 saturated heterocycles. The van der Waals surface area contributed by atoms with E-state index in [9.17, 15) is 9.18 Å². The maximum atomic E-state index is 13.4. The number of amides is 1. The van der Waals surface area contributed by atoms with Crippen LogP contribution in [0.3, 0.4) is 0 Å². The monoisotopic (exact) mass is 392 g/mol. The van der Waals surface area contributed by atoms with Crippen LogP contribution in [-0.2, 0) is 0 Å². The molecule has 1 amide bonds. The zero-order valence-corrected chi connectivity index (χ0v) is 16.8. The topological polar surface area (TPSA) is 41.4 Å². The van der Waals surface area contributed by atoms with Crippen LogP contribution in [0.25, 0.3) is 16.9 Å². The Morgan fingerprint density at radius 3 is 2.41 bits per heavy atom. The fourth-order valence-electron chi connectivity index (χ4n) is 3.68. The molecule has 3 aromatic rings. The molecule has 0 unspecified atom stereocenters. The second-order valence-electron chi connectivity index (χ2n) is 7.40. The first-order valence-electron chi connectivity index (χ1n) is 10.00. The van der Waals surface area contributed by atoms with Crippen molar-refractivity contribution in [3.05, 3.63) is 71.7 Å². The number of likely N-dealkylation sites (N-methyl/N-ethyl adjacent to an activating group) is 1. The van der Waals surface area contributed by atoms with Crippen LogP contribution in [0.4, 0.5) is 4.39 Å². The van der Waals surface area contributed by atoms with Gasteiger partial charge in [0.15, 0.2) is 0 Å². The van der Waals surface area contributed by atoms with Gasteiger partial charge in [-0.1, -0.05) is 19.1 Å². The van der Waals surface area contributed by atoms with Gasteiger partial charge in [0.1, 0.15) is 11.5 Å². The van der Waals surface area contributed by atoms with Gasteiger partial charge in [-0.25, -0.2) is 9.07 Å². The third-order valence-corrected chi connectivity index (χ3v) is 5.42. The number of carbonyl (C=O) groups is 1. The molecule has 4 rings (SSSR count). The predicted octanol–water partition coefficient (Wildman–Crippen LogP) is 3.76. The van der Waals surface area contributed by atoms with Crippen molar-refractivity contribution < 1.29 is 9.18 Å². The van der Waals surface area contributed by atoms with E-state index in [1.165, 1.54) is 12.1 Å². The lowest BCUT2D eigenvalue weighted by Gasteiger charge is -2.34. The molecule has 6 heteroatoms. The summed E-state index contributed by atoms with van der Waals surface area (Å²) >= 11 is 0. The lowest BCUT2D eigenvalue weighted by Crippen LogP contribution is -2.48. The summed E-state index contributed by atoms with van der Waals surface area (Å²) in [5, 5.41) is 4.70. The van der Waals surface area contributed by atoms with Crippen molar-refractivity contribution in [1.82, 2.24) is 19.6 Å². The van der Waals surface area contributed by atoms with E-state index >= 15 is 0 Å². The molecule has 150 valence electrons. The minimum Gasteiger partial charge on any atom is -0.335 e. The Bertz CT molecular complexity index is 1000. The number of hydrogen-bond acceptors (Lipinski definition) is 3. The number of piperazine rings is 1. The Morgan fingerprint density at radius 1 is 1.03 bits per heavy atom. The molecule has 1 fully saturated rings. The summed E-state index contributed by atoms with van der Waals surface area (Å²) in [4.78, 5) is 17.6. The molecule has 0 atom stereocenters. The molecule has 5 nitrogen and oxygen atoms in total. The van der Waals surface area contributed by atoms with Gasteiger partial charge in [0.05, 0.1) is 11.4 Å². The fourth-order valence-corrected chi connectivity index (χ4v) is 3.68. The minimum atomic E-state index is -0.294. The summed E-state index contributed by atoms with van der Waals surface area (Å²) in [7, 11) is 0. The van der Waals surface area contributed by atoms with E-state index in [0.29, 0.717) is 24.5 Å². The molecule has 1 aliphatic heterocycles. The van der Waals surface area contributed by atoms with Gasteiger partial charge in [-0.3, -0.25) is 4.79 Å². The minimum absolute atomic E-state index is 0.0249. The molecular weight excluding hydrogens is 367 g/mol. The maximum absolute atomic E-state index is 13.4. The highest BCUT2D eigenvalue weighted by atomic mass is 19.1. The van der Waals surface area contributed by atoms with E-state index in [1.807, 2.05) is 42.2 Å². The summed E-state index contributed by atoms with van der Waals surface area (Å²) in [6.45, 7) is 8.32. The van der Waals surface area contributed by atoms with Gasteiger partial charge in [0.2, 0.25) is 0 Å². The van der Waals surface area contributed by atoms with Crippen molar-refractivity contribution in [2.45, 2.75) is 13.8 Å². The first kappa shape index (κ1) is 19.3. The summed E-state index contributed by atoms with van der Waals surface area (Å²) in [6, 6.07) is 15.9. The first-order valence-corrected chi connectivity index (χ1v) is 10.00. The second kappa shape index (κ2) is 8.17. The molecule has 0 N–H and O–H groups in total. The lowest BCUT2D eigenvalue weighted by molar-refractivity contribution is 0.0634. The summed E-state index contributed by atoms with van der Waals surface area (Å²) in [5.74, 6) is -0.319. The van der Waals surface area contributed by atoms with Crippen LogP contribution in [0.15, 0.2) is 54.6 Å². The Morgan fingerprint density at radius 2 is 1.76 bits per heavy atom. The molecule has 0 spiro atoms. The van der Waals surface area contributed by atoms with Gasteiger partial charge >= 0.3 is 0 Å². The highest BCUT2D eigenvalue weighted by molar-refractivity contribution is 5.94. The Balaban J connectivity index is 1.73. The summed E-state index contributed by atoms with van der Waals surface area (Å²) in [5.41, 5.74) is 3.90. The van der Waals surface area contributed by atoms with Crippen molar-refractivity contribution in [2.24, 2.45) is 0 Å². The van der Waals surface area contributed by atoms with Crippen molar-refractivity contribution in [1.29, 1.82) is 0 Å². The van der Waals surface area contributed by atoms with Gasteiger partial charge in [0.25, 0.3) is 5.91 Å². The van der Waals surface area contributed by atoms with Gasteiger partial charge in [-0.05, 0) is 61.5 Å². The molecule has 1 aromatic heterocycles. The van der Waals surface area contributed by atoms with Crippen molar-refractivity contribution >= 4 is 5.91 Å². The Kier molecular flexibility index (Phi) is 5.45. The standard InChI is InChI=1S/C23H25FN4O/c1-3-26-11-13-27(14-12-26)23(29)22-16-21(18-7-9-19(24)10-8-18)25-28(22)20-6-4-5-17(2)15-20/h4-10,15-16H,3,11-14H2,1-2H3. The quantitative estimate of drug-likeness (QED) is 0.679. The largest absolute Gasteiger partial charge is 0.335 e. The molecule has 0 radical (unpaired) electrons. The molecule has 2 aromatic carbocycles. The van der Waals surface area contributed by atoms with Crippen LogP contribution in [0.5, 0.6) is 0 Å². The normalized spacial score (nSPS) is 14.9. The number of halogens is 1. The fraction of sp³-hybridized carbons (Fsp3) is 0.304. The molecule has 0 bridgehead atoms. The van der Waals surface area contributed by atoms with Gasteiger partial charge in [-0.15, -0.1) is 0 Å². The maximum Gasteiger partial charge on any atom is 0.272 e. The van der Waals surface area contributed by atoms with Crippen LogP contribution in [0, 0.1) is 12.7 Å². The van der Waals surface area contributed by atoms with Crippen LogP contribution in [-0.4, -0.2) is 58.2 Å².